The van der Waals surface area contributed by atoms with Crippen molar-refractivity contribution in [1.82, 2.24) is 15.3 Å². The number of hydrazine groups is 1. The van der Waals surface area contributed by atoms with Gasteiger partial charge in [-0.15, -0.1) is 0 Å². The number of carbonyl (C=O) groups excluding carboxylic acids is 2. The first-order chi connectivity index (χ1) is 14.8. The van der Waals surface area contributed by atoms with E-state index in [9.17, 15) is 14.7 Å². The number of phenols is 1. The molecule has 164 valence electrons. The predicted octanol–water partition coefficient (Wildman–Crippen LogP) is 2.31. The Morgan fingerprint density at radius 3 is 2.23 bits per heavy atom. The van der Waals surface area contributed by atoms with Crippen LogP contribution in [0.15, 0.2) is 54.6 Å². The molecule has 0 aromatic heterocycles. The molecule has 3 unspecified atom stereocenters. The number of fused-ring (bicyclic) bond motifs is 1. The molecular formula is C23H27N3O5. The lowest BCUT2D eigenvalue weighted by Gasteiger charge is -2.25. The van der Waals surface area contributed by atoms with Gasteiger partial charge in [-0.3, -0.25) is 19.3 Å². The number of phenolic OH excluding ortho intramolecular Hbond substituents is 1. The number of likely N-dealkylation sites (tertiary alicyclic amines) is 1. The van der Waals surface area contributed by atoms with Crippen LogP contribution in [-0.2, 0) is 20.9 Å². The molecule has 3 atom stereocenters. The quantitative estimate of drug-likeness (QED) is 0.631. The fourth-order valence-corrected chi connectivity index (χ4v) is 4.06. The summed E-state index contributed by atoms with van der Waals surface area (Å²) in [6.45, 7) is 4.04. The van der Waals surface area contributed by atoms with Gasteiger partial charge in [-0.1, -0.05) is 49.4 Å². The van der Waals surface area contributed by atoms with Gasteiger partial charge in [0.1, 0.15) is 11.8 Å². The normalized spacial score (nSPS) is 22.8. The van der Waals surface area contributed by atoms with Crippen molar-refractivity contribution in [3.05, 3.63) is 65.7 Å². The Morgan fingerprint density at radius 2 is 1.65 bits per heavy atom. The second kappa shape index (κ2) is 9.72. The van der Waals surface area contributed by atoms with Gasteiger partial charge in [-0.25, -0.2) is 10.4 Å². The van der Waals surface area contributed by atoms with Gasteiger partial charge < -0.3 is 10.2 Å². The second-order valence-corrected chi connectivity index (χ2v) is 7.63. The SMILES string of the molecule is CC(=O)O.CCCN1C(=O)C2C(c3ccc(O)cc3)NN(Cc3ccccc3)C2C1=O. The average molecular weight is 425 g/mol. The number of aliphatic carboxylic acids is 1. The summed E-state index contributed by atoms with van der Waals surface area (Å²) >= 11 is 0. The number of rotatable bonds is 5. The number of benzene rings is 2. The molecule has 2 aromatic rings. The molecule has 8 nitrogen and oxygen atoms in total. The van der Waals surface area contributed by atoms with E-state index >= 15 is 0 Å². The zero-order chi connectivity index (χ0) is 22.5. The Kier molecular flexibility index (Phi) is 7.04. The third-order valence-electron chi connectivity index (χ3n) is 5.31. The van der Waals surface area contributed by atoms with Crippen LogP contribution in [0.3, 0.4) is 0 Å². The first kappa shape index (κ1) is 22.5. The number of hydrogen-bond donors (Lipinski definition) is 3. The predicted molar refractivity (Wildman–Crippen MR) is 114 cm³/mol. The van der Waals surface area contributed by atoms with Crippen LogP contribution in [0.5, 0.6) is 5.75 Å². The van der Waals surface area contributed by atoms with E-state index in [1.807, 2.05) is 42.3 Å². The van der Waals surface area contributed by atoms with E-state index in [-0.39, 0.29) is 23.6 Å². The van der Waals surface area contributed by atoms with Crippen molar-refractivity contribution in [3.63, 3.8) is 0 Å². The van der Waals surface area contributed by atoms with Crippen molar-refractivity contribution in [2.75, 3.05) is 6.54 Å². The second-order valence-electron chi connectivity index (χ2n) is 7.63. The summed E-state index contributed by atoms with van der Waals surface area (Å²) in [5, 5.41) is 18.9. The number of carboxylic acids is 1. The highest BCUT2D eigenvalue weighted by atomic mass is 16.4. The fraction of sp³-hybridized carbons (Fsp3) is 0.348. The summed E-state index contributed by atoms with van der Waals surface area (Å²) in [6.07, 6.45) is 0.743. The van der Waals surface area contributed by atoms with Gasteiger partial charge in [0.2, 0.25) is 11.8 Å². The molecule has 4 rings (SSSR count). The average Bonchev–Trinajstić information content (AvgIpc) is 3.21. The molecule has 2 aliphatic heterocycles. The van der Waals surface area contributed by atoms with Crippen molar-refractivity contribution in [2.45, 2.75) is 38.9 Å². The maximum absolute atomic E-state index is 13.0. The van der Waals surface area contributed by atoms with Crippen molar-refractivity contribution >= 4 is 17.8 Å². The number of nitrogens with zero attached hydrogens (tertiary/aromatic N) is 2. The molecule has 2 heterocycles. The lowest BCUT2D eigenvalue weighted by Crippen LogP contribution is -2.45. The third kappa shape index (κ3) is 4.92. The van der Waals surface area contributed by atoms with Crippen LogP contribution in [-0.4, -0.2) is 50.5 Å². The Bertz CT molecular complexity index is 928. The monoisotopic (exact) mass is 425 g/mol. The number of nitrogens with one attached hydrogen (secondary N) is 1. The molecule has 2 amide bonds. The van der Waals surface area contributed by atoms with Crippen LogP contribution >= 0.6 is 0 Å². The highest BCUT2D eigenvalue weighted by Gasteiger charge is 2.58. The van der Waals surface area contributed by atoms with E-state index in [1.165, 1.54) is 4.90 Å². The van der Waals surface area contributed by atoms with E-state index in [0.717, 1.165) is 24.5 Å². The number of amides is 2. The van der Waals surface area contributed by atoms with Crippen LogP contribution < -0.4 is 5.43 Å². The van der Waals surface area contributed by atoms with Gasteiger partial charge in [0, 0.05) is 20.0 Å². The van der Waals surface area contributed by atoms with Crippen molar-refractivity contribution in [3.8, 4) is 5.75 Å². The maximum Gasteiger partial charge on any atom is 0.300 e. The highest BCUT2D eigenvalue weighted by Crippen LogP contribution is 2.41. The minimum atomic E-state index is -0.833. The van der Waals surface area contributed by atoms with E-state index in [0.29, 0.717) is 13.1 Å². The van der Waals surface area contributed by atoms with E-state index in [4.69, 9.17) is 9.90 Å². The first-order valence-corrected chi connectivity index (χ1v) is 10.2. The molecule has 0 bridgehead atoms. The number of carbonyl (C=O) groups is 3. The standard InChI is InChI=1S/C21H23N3O3.C2H4O2/c1-2-12-23-20(26)17-18(15-8-10-16(25)11-9-15)22-24(19(17)21(23)27)13-14-6-4-3-5-7-14;1-2(3)4/h3-11,17-19,22,25H,2,12-13H2,1H3;1H3,(H,3,4). The van der Waals surface area contributed by atoms with Gasteiger partial charge in [0.25, 0.3) is 5.97 Å². The Morgan fingerprint density at radius 1 is 1.03 bits per heavy atom. The number of imide groups is 1. The molecular weight excluding hydrogens is 398 g/mol. The number of hydrogen-bond acceptors (Lipinski definition) is 6. The fourth-order valence-electron chi connectivity index (χ4n) is 4.06. The zero-order valence-corrected chi connectivity index (χ0v) is 17.6. The lowest BCUT2D eigenvalue weighted by molar-refractivity contribution is -0.141. The first-order valence-electron chi connectivity index (χ1n) is 10.2. The molecule has 0 spiro atoms. The molecule has 0 radical (unpaired) electrons. The van der Waals surface area contributed by atoms with Crippen LogP contribution in [0.4, 0.5) is 0 Å². The molecule has 0 aliphatic carbocycles. The summed E-state index contributed by atoms with van der Waals surface area (Å²) in [4.78, 5) is 36.4. The molecule has 8 heteroatoms. The van der Waals surface area contributed by atoms with Crippen LogP contribution in [0, 0.1) is 5.92 Å². The summed E-state index contributed by atoms with van der Waals surface area (Å²) in [5.41, 5.74) is 5.34. The topological polar surface area (TPSA) is 110 Å². The molecule has 2 aliphatic rings. The van der Waals surface area contributed by atoms with Crippen LogP contribution in [0.25, 0.3) is 0 Å². The Balaban J connectivity index is 0.000000628. The van der Waals surface area contributed by atoms with Crippen LogP contribution in [0.2, 0.25) is 0 Å². The molecule has 0 saturated carbocycles. The van der Waals surface area contributed by atoms with Crippen LogP contribution in [0.1, 0.15) is 37.4 Å². The van der Waals surface area contributed by atoms with Crippen molar-refractivity contribution in [2.24, 2.45) is 5.92 Å². The smallest absolute Gasteiger partial charge is 0.300 e. The van der Waals surface area contributed by atoms with Crippen molar-refractivity contribution < 1.29 is 24.6 Å². The zero-order valence-electron chi connectivity index (χ0n) is 17.6. The van der Waals surface area contributed by atoms with Gasteiger partial charge in [0.15, 0.2) is 0 Å². The largest absolute Gasteiger partial charge is 0.508 e. The Labute approximate surface area is 181 Å². The maximum atomic E-state index is 13.0. The minimum absolute atomic E-state index is 0.118. The summed E-state index contributed by atoms with van der Waals surface area (Å²) in [6, 6.07) is 15.9. The minimum Gasteiger partial charge on any atom is -0.508 e. The van der Waals surface area contributed by atoms with Gasteiger partial charge in [0.05, 0.1) is 12.0 Å². The van der Waals surface area contributed by atoms with Gasteiger partial charge in [-0.2, -0.15) is 0 Å². The highest BCUT2D eigenvalue weighted by molar-refractivity contribution is 6.07. The van der Waals surface area contributed by atoms with E-state index in [2.05, 4.69) is 5.43 Å². The molecule has 2 saturated heterocycles. The van der Waals surface area contributed by atoms with Gasteiger partial charge >= 0.3 is 0 Å². The van der Waals surface area contributed by atoms with E-state index < -0.39 is 17.9 Å². The third-order valence-corrected chi connectivity index (χ3v) is 5.31. The lowest BCUT2D eigenvalue weighted by atomic mass is 9.91. The summed E-state index contributed by atoms with van der Waals surface area (Å²) in [5.74, 6) is -1.36. The number of carboxylic acid groups (broad SMARTS) is 1. The van der Waals surface area contributed by atoms with Gasteiger partial charge in [-0.05, 0) is 29.7 Å². The number of aromatic hydroxyl groups is 1. The van der Waals surface area contributed by atoms with Crippen molar-refractivity contribution in [1.29, 1.82) is 0 Å². The Hall–Kier alpha value is -3.23. The summed E-state index contributed by atoms with van der Waals surface area (Å²) in [7, 11) is 0. The van der Waals surface area contributed by atoms with E-state index in [1.54, 1.807) is 24.3 Å². The molecule has 3 N–H and O–H groups in total. The molecule has 31 heavy (non-hydrogen) atoms. The molecule has 2 aromatic carbocycles. The molecule has 2 fully saturated rings. The summed E-state index contributed by atoms with van der Waals surface area (Å²) < 4.78 is 0.